The Balaban J connectivity index is 1.36. The molecular weight excluding hydrogens is 607 g/mol. The number of fused-ring (bicyclic) bond motifs is 8. The summed E-state index contributed by atoms with van der Waals surface area (Å²) in [7, 11) is 0. The van der Waals surface area contributed by atoms with Crippen LogP contribution in [0.15, 0.2) is 146 Å². The second-order valence-corrected chi connectivity index (χ2v) is 13.7. The molecule has 2 aliphatic rings. The van der Waals surface area contributed by atoms with Crippen LogP contribution >= 0.6 is 0 Å². The number of para-hydroxylation sites is 4. The maximum Gasteiger partial charge on any atom is 0.0742 e. The standard InChI is InChI=1S/C47H39N3/c1-3-48-41-22-12-8-18-35(41)37-30-32(26-28-43(37)48)47(33-27-29-44-38(31-33)36-19-9-13-23-42(36)49(44)4-2)39-20-10-14-24-45(39)50(34-16-6-5-7-17-34)46-25-15-11-21-40(46)47/h5-8,10-18,20-31H,3-4,9,19H2,1-2H3. The average molecular weight is 646 g/mol. The highest BCUT2D eigenvalue weighted by atomic mass is 15.2. The monoisotopic (exact) mass is 645 g/mol. The van der Waals surface area contributed by atoms with Crippen molar-refractivity contribution in [3.8, 4) is 0 Å². The van der Waals surface area contributed by atoms with Gasteiger partial charge < -0.3 is 14.0 Å². The highest BCUT2D eigenvalue weighted by molar-refractivity contribution is 6.08. The number of hydrogen-bond donors (Lipinski definition) is 0. The third-order valence-electron chi connectivity index (χ3n) is 11.4. The average Bonchev–Trinajstić information content (AvgIpc) is 3.68. The Labute approximate surface area is 293 Å². The van der Waals surface area contributed by atoms with Crippen molar-refractivity contribution in [1.29, 1.82) is 0 Å². The molecule has 242 valence electrons. The normalized spacial score (nSPS) is 14.6. The molecule has 0 saturated heterocycles. The van der Waals surface area contributed by atoms with Crippen molar-refractivity contribution in [2.24, 2.45) is 0 Å². The summed E-state index contributed by atoms with van der Waals surface area (Å²) in [5, 5.41) is 3.99. The Morgan fingerprint density at radius 1 is 0.540 bits per heavy atom. The van der Waals surface area contributed by atoms with E-state index in [0.717, 1.165) is 25.9 Å². The van der Waals surface area contributed by atoms with E-state index < -0.39 is 5.41 Å². The van der Waals surface area contributed by atoms with Gasteiger partial charge in [-0.1, -0.05) is 91.0 Å². The van der Waals surface area contributed by atoms with E-state index in [1.165, 1.54) is 83.3 Å². The number of benzene rings is 6. The first-order valence-electron chi connectivity index (χ1n) is 18.1. The molecule has 0 bridgehead atoms. The SMILES string of the molecule is CCn1c2c(c3cc(C4(c5ccc6c(c5)c5ccccc5n6CC)c5ccccc5N(c5ccccc5)c5ccccc54)ccc31)CCC=C2. The second kappa shape index (κ2) is 11.1. The number of hydrogen-bond acceptors (Lipinski definition) is 1. The van der Waals surface area contributed by atoms with Gasteiger partial charge in [0.15, 0.2) is 0 Å². The maximum atomic E-state index is 2.55. The highest BCUT2D eigenvalue weighted by Gasteiger charge is 2.47. The lowest BCUT2D eigenvalue weighted by Gasteiger charge is -2.46. The van der Waals surface area contributed by atoms with Gasteiger partial charge in [-0.3, -0.25) is 0 Å². The molecule has 0 saturated carbocycles. The minimum absolute atomic E-state index is 0.567. The van der Waals surface area contributed by atoms with Gasteiger partial charge in [-0.15, -0.1) is 0 Å². The fourth-order valence-corrected chi connectivity index (χ4v) is 9.41. The fourth-order valence-electron chi connectivity index (χ4n) is 9.41. The van der Waals surface area contributed by atoms with E-state index in [-0.39, 0.29) is 0 Å². The van der Waals surface area contributed by atoms with Crippen molar-refractivity contribution >= 4 is 55.8 Å². The third kappa shape index (κ3) is 3.86. The molecule has 0 N–H and O–H groups in total. The predicted molar refractivity (Wildman–Crippen MR) is 210 cm³/mol. The molecule has 0 spiro atoms. The lowest BCUT2D eigenvalue weighted by Crippen LogP contribution is -2.37. The lowest BCUT2D eigenvalue weighted by atomic mass is 9.62. The van der Waals surface area contributed by atoms with Crippen LogP contribution in [0.3, 0.4) is 0 Å². The van der Waals surface area contributed by atoms with Gasteiger partial charge in [0.05, 0.1) is 16.8 Å². The summed E-state index contributed by atoms with van der Waals surface area (Å²) in [6.45, 7) is 6.40. The number of anilines is 3. The number of nitrogens with zero attached hydrogens (tertiary/aromatic N) is 3. The summed E-state index contributed by atoms with van der Waals surface area (Å²) in [6, 6.07) is 52.6. The largest absolute Gasteiger partial charge is 0.341 e. The molecule has 3 heteroatoms. The summed E-state index contributed by atoms with van der Waals surface area (Å²) in [5.41, 5.74) is 15.0. The molecule has 10 rings (SSSR count). The van der Waals surface area contributed by atoms with Crippen LogP contribution < -0.4 is 4.90 Å². The van der Waals surface area contributed by atoms with Gasteiger partial charge in [-0.05, 0) is 115 Å². The second-order valence-electron chi connectivity index (χ2n) is 13.7. The van der Waals surface area contributed by atoms with E-state index in [4.69, 9.17) is 0 Å². The van der Waals surface area contributed by atoms with E-state index >= 15 is 0 Å². The smallest absolute Gasteiger partial charge is 0.0742 e. The minimum Gasteiger partial charge on any atom is -0.341 e. The summed E-state index contributed by atoms with van der Waals surface area (Å²) in [6.07, 6.45) is 6.84. The van der Waals surface area contributed by atoms with Crippen molar-refractivity contribution in [2.45, 2.75) is 45.2 Å². The summed E-state index contributed by atoms with van der Waals surface area (Å²) >= 11 is 0. The van der Waals surface area contributed by atoms with Gasteiger partial charge in [0.25, 0.3) is 0 Å². The highest BCUT2D eigenvalue weighted by Crippen LogP contribution is 2.58. The zero-order valence-electron chi connectivity index (χ0n) is 28.6. The summed E-state index contributed by atoms with van der Waals surface area (Å²) in [5.74, 6) is 0. The first-order chi connectivity index (χ1) is 24.7. The molecule has 0 radical (unpaired) electrons. The Morgan fingerprint density at radius 2 is 1.12 bits per heavy atom. The minimum atomic E-state index is -0.567. The van der Waals surface area contributed by atoms with E-state index in [9.17, 15) is 0 Å². The van der Waals surface area contributed by atoms with Crippen molar-refractivity contribution in [3.63, 3.8) is 0 Å². The quantitative estimate of drug-likeness (QED) is 0.182. The summed E-state index contributed by atoms with van der Waals surface area (Å²) in [4.78, 5) is 2.46. The number of allylic oxidation sites excluding steroid dienone is 1. The van der Waals surface area contributed by atoms with Crippen LogP contribution in [0.5, 0.6) is 0 Å². The van der Waals surface area contributed by atoms with Gasteiger partial charge >= 0.3 is 0 Å². The van der Waals surface area contributed by atoms with Crippen molar-refractivity contribution < 1.29 is 0 Å². The van der Waals surface area contributed by atoms with Crippen molar-refractivity contribution in [3.05, 3.63) is 179 Å². The van der Waals surface area contributed by atoms with Gasteiger partial charge in [-0.25, -0.2) is 0 Å². The molecule has 3 nitrogen and oxygen atoms in total. The van der Waals surface area contributed by atoms with E-state index in [1.54, 1.807) is 0 Å². The zero-order valence-corrected chi connectivity index (χ0v) is 28.6. The topological polar surface area (TPSA) is 13.1 Å². The molecular formula is C47H39N3. The Morgan fingerprint density at radius 3 is 1.82 bits per heavy atom. The molecule has 0 unspecified atom stereocenters. The molecule has 2 aromatic heterocycles. The fraction of sp³-hybridized carbons (Fsp3) is 0.149. The van der Waals surface area contributed by atoms with E-state index in [0.29, 0.717) is 0 Å². The first-order valence-corrected chi connectivity index (χ1v) is 18.1. The first kappa shape index (κ1) is 29.1. The Bertz CT molecular complexity index is 2590. The Kier molecular flexibility index (Phi) is 6.48. The molecule has 0 amide bonds. The number of rotatable bonds is 5. The molecule has 8 aromatic rings. The number of aryl methyl sites for hydroxylation is 3. The van der Waals surface area contributed by atoms with Gasteiger partial charge in [0.1, 0.15) is 0 Å². The molecule has 50 heavy (non-hydrogen) atoms. The van der Waals surface area contributed by atoms with Crippen LogP contribution in [-0.2, 0) is 24.9 Å². The third-order valence-corrected chi connectivity index (χ3v) is 11.4. The van der Waals surface area contributed by atoms with Gasteiger partial charge in [0.2, 0.25) is 0 Å². The van der Waals surface area contributed by atoms with Crippen LogP contribution in [0.1, 0.15) is 53.8 Å². The molecule has 1 aliphatic heterocycles. The van der Waals surface area contributed by atoms with Crippen molar-refractivity contribution in [1.82, 2.24) is 9.13 Å². The summed E-state index contributed by atoms with van der Waals surface area (Å²) < 4.78 is 4.96. The van der Waals surface area contributed by atoms with Gasteiger partial charge in [0, 0.05) is 57.2 Å². The van der Waals surface area contributed by atoms with Crippen molar-refractivity contribution in [2.75, 3.05) is 4.90 Å². The predicted octanol–water partition coefficient (Wildman–Crippen LogP) is 11.9. The molecule has 3 heterocycles. The lowest BCUT2D eigenvalue weighted by molar-refractivity contribution is 0.732. The Hall–Kier alpha value is -5.80. The van der Waals surface area contributed by atoms with Crippen LogP contribution in [-0.4, -0.2) is 9.13 Å². The van der Waals surface area contributed by atoms with Crippen LogP contribution in [0.25, 0.3) is 38.8 Å². The van der Waals surface area contributed by atoms with Crippen LogP contribution in [0.4, 0.5) is 17.1 Å². The number of aromatic nitrogens is 2. The van der Waals surface area contributed by atoms with Gasteiger partial charge in [-0.2, -0.15) is 0 Å². The zero-order chi connectivity index (χ0) is 33.4. The molecule has 1 aliphatic carbocycles. The molecule has 0 fully saturated rings. The molecule has 0 atom stereocenters. The maximum absolute atomic E-state index is 2.55. The van der Waals surface area contributed by atoms with Crippen LogP contribution in [0.2, 0.25) is 0 Å². The molecule has 6 aromatic carbocycles. The van der Waals surface area contributed by atoms with Crippen LogP contribution in [0, 0.1) is 0 Å². The van der Waals surface area contributed by atoms with E-state index in [1.807, 2.05) is 0 Å². The van der Waals surface area contributed by atoms with E-state index in [2.05, 4.69) is 180 Å².